The SMILES string of the molecule is c1ccc2sc(CN3CCN(c4cc(OCC5COC5)ccc4-c4nn[nH]n4)CC3)nc2c1. The van der Waals surface area contributed by atoms with E-state index in [-0.39, 0.29) is 0 Å². The lowest BCUT2D eigenvalue weighted by Crippen LogP contribution is -2.46. The van der Waals surface area contributed by atoms with Crippen molar-refractivity contribution >= 4 is 27.2 Å². The van der Waals surface area contributed by atoms with Gasteiger partial charge in [0.05, 0.1) is 42.3 Å². The smallest absolute Gasteiger partial charge is 0.206 e. The third-order valence-electron chi connectivity index (χ3n) is 6.16. The molecule has 2 aromatic carbocycles. The molecule has 0 saturated carbocycles. The van der Waals surface area contributed by atoms with Crippen LogP contribution in [0, 0.1) is 5.92 Å². The Hall–Kier alpha value is -3.08. The molecular weight excluding hydrogens is 438 g/mol. The number of para-hydroxylation sites is 1. The summed E-state index contributed by atoms with van der Waals surface area (Å²) >= 11 is 1.79. The van der Waals surface area contributed by atoms with Crippen LogP contribution in [0.3, 0.4) is 0 Å². The lowest BCUT2D eigenvalue weighted by molar-refractivity contribution is -0.0508. The first kappa shape index (κ1) is 20.5. The molecule has 0 aliphatic carbocycles. The standard InChI is InChI=1S/C23H25N7O2S/c1-2-4-21-19(3-1)24-22(33-21)12-29-7-9-30(10-8-29)20-11-17(32-15-16-13-31-14-16)5-6-18(20)23-25-27-28-26-23/h1-6,11,16H,7-10,12-15H2,(H,25,26,27,28). The second kappa shape index (κ2) is 9.05. The van der Waals surface area contributed by atoms with Crippen LogP contribution >= 0.6 is 11.3 Å². The van der Waals surface area contributed by atoms with Crippen molar-refractivity contribution in [2.75, 3.05) is 50.9 Å². The molecule has 4 heterocycles. The Morgan fingerprint density at radius 1 is 1.09 bits per heavy atom. The maximum atomic E-state index is 6.05. The Balaban J connectivity index is 1.16. The minimum atomic E-state index is 0.483. The summed E-state index contributed by atoms with van der Waals surface area (Å²) in [6.07, 6.45) is 0. The van der Waals surface area contributed by atoms with E-state index in [0.717, 1.165) is 68.5 Å². The zero-order valence-electron chi connectivity index (χ0n) is 18.2. The number of H-pyrrole nitrogens is 1. The first-order chi connectivity index (χ1) is 16.3. The second-order valence-corrected chi connectivity index (χ2v) is 9.58. The molecule has 6 rings (SSSR count). The van der Waals surface area contributed by atoms with Crippen molar-refractivity contribution < 1.29 is 9.47 Å². The van der Waals surface area contributed by atoms with Crippen LogP contribution in [-0.4, -0.2) is 76.5 Å². The summed E-state index contributed by atoms with van der Waals surface area (Å²) in [5, 5.41) is 15.9. The van der Waals surface area contributed by atoms with Gasteiger partial charge in [0.25, 0.3) is 0 Å². The number of fused-ring (bicyclic) bond motifs is 1. The average molecular weight is 464 g/mol. The highest BCUT2D eigenvalue weighted by atomic mass is 32.1. The van der Waals surface area contributed by atoms with Gasteiger partial charge in [-0.25, -0.2) is 4.98 Å². The fourth-order valence-corrected chi connectivity index (χ4v) is 5.26. The van der Waals surface area contributed by atoms with Gasteiger partial charge < -0.3 is 14.4 Å². The van der Waals surface area contributed by atoms with Crippen LogP contribution in [-0.2, 0) is 11.3 Å². The molecule has 0 unspecified atom stereocenters. The van der Waals surface area contributed by atoms with Gasteiger partial charge in [-0.3, -0.25) is 4.90 Å². The van der Waals surface area contributed by atoms with E-state index in [2.05, 4.69) is 54.7 Å². The number of hydrogen-bond donors (Lipinski definition) is 1. The Kier molecular flexibility index (Phi) is 5.63. The number of rotatable bonds is 7. The van der Waals surface area contributed by atoms with Gasteiger partial charge in [-0.1, -0.05) is 12.1 Å². The van der Waals surface area contributed by atoms with Crippen LogP contribution in [0.15, 0.2) is 42.5 Å². The number of aromatic amines is 1. The van der Waals surface area contributed by atoms with Crippen molar-refractivity contribution in [1.82, 2.24) is 30.5 Å². The monoisotopic (exact) mass is 463 g/mol. The number of benzene rings is 2. The third kappa shape index (κ3) is 4.41. The van der Waals surface area contributed by atoms with Gasteiger partial charge in [0.2, 0.25) is 5.82 Å². The Morgan fingerprint density at radius 2 is 1.97 bits per heavy atom. The van der Waals surface area contributed by atoms with Gasteiger partial charge in [-0.15, -0.1) is 21.5 Å². The molecule has 2 aliphatic rings. The molecule has 0 spiro atoms. The van der Waals surface area contributed by atoms with Gasteiger partial charge in [-0.05, 0) is 29.5 Å². The highest BCUT2D eigenvalue weighted by Crippen LogP contribution is 2.33. The molecule has 9 nitrogen and oxygen atoms in total. The van der Waals surface area contributed by atoms with Crippen LogP contribution in [0.4, 0.5) is 5.69 Å². The highest BCUT2D eigenvalue weighted by Gasteiger charge is 2.23. The van der Waals surface area contributed by atoms with E-state index in [9.17, 15) is 0 Å². The second-order valence-electron chi connectivity index (χ2n) is 8.47. The number of ether oxygens (including phenoxy) is 2. The average Bonchev–Trinajstić information content (AvgIpc) is 3.48. The summed E-state index contributed by atoms with van der Waals surface area (Å²) in [5.74, 6) is 1.94. The lowest BCUT2D eigenvalue weighted by Gasteiger charge is -2.36. The van der Waals surface area contributed by atoms with Gasteiger partial charge in [0.15, 0.2) is 0 Å². The minimum absolute atomic E-state index is 0.483. The number of aromatic nitrogens is 5. The summed E-state index contributed by atoms with van der Waals surface area (Å²) in [6.45, 7) is 6.88. The molecule has 0 bridgehead atoms. The summed E-state index contributed by atoms with van der Waals surface area (Å²) in [7, 11) is 0. The maximum Gasteiger partial charge on any atom is 0.206 e. The highest BCUT2D eigenvalue weighted by molar-refractivity contribution is 7.18. The number of nitrogens with one attached hydrogen (secondary N) is 1. The Labute approximate surface area is 195 Å². The van der Waals surface area contributed by atoms with E-state index in [4.69, 9.17) is 14.5 Å². The van der Waals surface area contributed by atoms with Crippen molar-refractivity contribution in [2.24, 2.45) is 5.92 Å². The van der Waals surface area contributed by atoms with E-state index in [1.807, 2.05) is 18.2 Å². The van der Waals surface area contributed by atoms with Crippen LogP contribution in [0.25, 0.3) is 21.6 Å². The zero-order valence-corrected chi connectivity index (χ0v) is 19.0. The van der Waals surface area contributed by atoms with Crippen LogP contribution in [0.1, 0.15) is 5.01 Å². The predicted octanol–water partition coefficient (Wildman–Crippen LogP) is 2.82. The topological polar surface area (TPSA) is 92.3 Å². The minimum Gasteiger partial charge on any atom is -0.493 e. The molecule has 2 aliphatic heterocycles. The molecule has 2 fully saturated rings. The zero-order chi connectivity index (χ0) is 22.0. The Bertz CT molecular complexity index is 1180. The number of piperazine rings is 1. The van der Waals surface area contributed by atoms with E-state index in [1.54, 1.807) is 11.3 Å². The van der Waals surface area contributed by atoms with E-state index >= 15 is 0 Å². The largest absolute Gasteiger partial charge is 0.493 e. The molecule has 0 amide bonds. The fraction of sp³-hybridized carbons (Fsp3) is 0.391. The number of thiazole rings is 1. The summed E-state index contributed by atoms with van der Waals surface area (Å²) < 4.78 is 12.6. The van der Waals surface area contributed by atoms with E-state index < -0.39 is 0 Å². The molecule has 170 valence electrons. The van der Waals surface area contributed by atoms with E-state index in [0.29, 0.717) is 18.3 Å². The van der Waals surface area contributed by atoms with Crippen LogP contribution in [0.5, 0.6) is 5.75 Å². The molecule has 0 atom stereocenters. The number of nitrogens with zero attached hydrogens (tertiary/aromatic N) is 6. The molecule has 2 saturated heterocycles. The first-order valence-electron chi connectivity index (χ1n) is 11.2. The summed E-state index contributed by atoms with van der Waals surface area (Å²) in [5.41, 5.74) is 3.13. The van der Waals surface area contributed by atoms with Crippen molar-refractivity contribution in [3.05, 3.63) is 47.5 Å². The number of tetrazole rings is 1. The molecule has 2 aromatic heterocycles. The Morgan fingerprint density at radius 3 is 2.73 bits per heavy atom. The lowest BCUT2D eigenvalue weighted by atomic mass is 10.1. The fourth-order valence-electron chi connectivity index (χ4n) is 4.25. The van der Waals surface area contributed by atoms with Gasteiger partial charge in [-0.2, -0.15) is 5.21 Å². The van der Waals surface area contributed by atoms with Gasteiger partial charge in [0.1, 0.15) is 10.8 Å². The van der Waals surface area contributed by atoms with Gasteiger partial charge >= 0.3 is 0 Å². The van der Waals surface area contributed by atoms with Crippen molar-refractivity contribution in [1.29, 1.82) is 0 Å². The predicted molar refractivity (Wildman–Crippen MR) is 127 cm³/mol. The first-order valence-corrected chi connectivity index (χ1v) is 12.0. The molecule has 4 aromatic rings. The van der Waals surface area contributed by atoms with Gasteiger partial charge in [0, 0.05) is 43.7 Å². The van der Waals surface area contributed by atoms with Crippen molar-refractivity contribution in [3.63, 3.8) is 0 Å². The van der Waals surface area contributed by atoms with Crippen LogP contribution < -0.4 is 9.64 Å². The molecule has 0 radical (unpaired) electrons. The molecular formula is C23H25N7O2S. The van der Waals surface area contributed by atoms with Crippen LogP contribution in [0.2, 0.25) is 0 Å². The number of anilines is 1. The number of hydrogen-bond acceptors (Lipinski definition) is 9. The van der Waals surface area contributed by atoms with E-state index in [1.165, 1.54) is 9.71 Å². The maximum absolute atomic E-state index is 6.05. The third-order valence-corrected chi connectivity index (χ3v) is 7.18. The quantitative estimate of drug-likeness (QED) is 0.447. The van der Waals surface area contributed by atoms with Crippen molar-refractivity contribution in [3.8, 4) is 17.1 Å². The summed E-state index contributed by atoms with van der Waals surface area (Å²) in [4.78, 5) is 9.66. The molecule has 1 N–H and O–H groups in total. The molecule has 10 heteroatoms. The molecule has 33 heavy (non-hydrogen) atoms. The van der Waals surface area contributed by atoms with Crippen molar-refractivity contribution in [2.45, 2.75) is 6.54 Å². The summed E-state index contributed by atoms with van der Waals surface area (Å²) in [6, 6.07) is 14.5. The normalized spacial score (nSPS) is 17.4.